The van der Waals surface area contributed by atoms with Crippen LogP contribution in [-0.2, 0) is 10.3 Å². The lowest BCUT2D eigenvalue weighted by atomic mass is 9.97. The minimum Gasteiger partial charge on any atom is -0.492 e. The average Bonchev–Trinajstić information content (AvgIpc) is 2.80. The van der Waals surface area contributed by atoms with E-state index in [-0.39, 0.29) is 19.1 Å². The summed E-state index contributed by atoms with van der Waals surface area (Å²) in [6.07, 6.45) is 1.60. The molecule has 0 unspecified atom stereocenters. The molecule has 1 aromatic carbocycles. The molecule has 1 saturated heterocycles. The zero-order valence-corrected chi connectivity index (χ0v) is 13.7. The van der Waals surface area contributed by atoms with Crippen LogP contribution < -0.4 is 10.1 Å². The van der Waals surface area contributed by atoms with E-state index in [1.807, 2.05) is 31.2 Å². The SMILES string of the molecule is Cc1cccc(OCCN2C(=O)N[C@@](C)(c3ccccn3)C2=O)c1. The van der Waals surface area contributed by atoms with Crippen molar-refractivity contribution < 1.29 is 14.3 Å². The van der Waals surface area contributed by atoms with Gasteiger partial charge >= 0.3 is 6.03 Å². The third kappa shape index (κ3) is 2.95. The van der Waals surface area contributed by atoms with Crippen molar-refractivity contribution in [2.75, 3.05) is 13.2 Å². The van der Waals surface area contributed by atoms with Crippen molar-refractivity contribution in [1.29, 1.82) is 0 Å². The number of amides is 3. The Kier molecular flexibility index (Phi) is 4.20. The molecule has 3 rings (SSSR count). The summed E-state index contributed by atoms with van der Waals surface area (Å²) in [6.45, 7) is 4.06. The summed E-state index contributed by atoms with van der Waals surface area (Å²) in [4.78, 5) is 30.2. The highest BCUT2D eigenvalue weighted by atomic mass is 16.5. The second-order valence-electron chi connectivity index (χ2n) is 5.89. The van der Waals surface area contributed by atoms with Gasteiger partial charge < -0.3 is 10.1 Å². The fourth-order valence-corrected chi connectivity index (χ4v) is 2.69. The summed E-state index contributed by atoms with van der Waals surface area (Å²) in [5, 5.41) is 2.72. The Morgan fingerprint density at radius 2 is 2.04 bits per heavy atom. The Morgan fingerprint density at radius 3 is 2.75 bits per heavy atom. The molecule has 2 heterocycles. The number of nitrogens with zero attached hydrogens (tertiary/aromatic N) is 2. The Bertz CT molecular complexity index is 763. The number of pyridine rings is 1. The van der Waals surface area contributed by atoms with Crippen LogP contribution in [0.5, 0.6) is 5.75 Å². The van der Waals surface area contributed by atoms with Gasteiger partial charge in [-0.2, -0.15) is 0 Å². The summed E-state index contributed by atoms with van der Waals surface area (Å²) in [5.74, 6) is 0.397. The van der Waals surface area contributed by atoms with Crippen LogP contribution in [0.3, 0.4) is 0 Å². The number of imide groups is 1. The van der Waals surface area contributed by atoms with E-state index in [2.05, 4.69) is 10.3 Å². The molecule has 0 aliphatic carbocycles. The first-order valence-electron chi connectivity index (χ1n) is 7.76. The topological polar surface area (TPSA) is 71.5 Å². The summed E-state index contributed by atoms with van der Waals surface area (Å²) < 4.78 is 5.63. The fourth-order valence-electron chi connectivity index (χ4n) is 2.69. The fraction of sp³-hybridized carbons (Fsp3) is 0.278. The minimum absolute atomic E-state index is 0.182. The maximum Gasteiger partial charge on any atom is 0.325 e. The van der Waals surface area contributed by atoms with Crippen molar-refractivity contribution in [3.63, 3.8) is 0 Å². The quantitative estimate of drug-likeness (QED) is 0.856. The third-order valence-electron chi connectivity index (χ3n) is 4.03. The highest BCUT2D eigenvalue weighted by molar-refractivity contribution is 6.06. The molecule has 3 amide bonds. The van der Waals surface area contributed by atoms with Gasteiger partial charge in [-0.3, -0.25) is 14.7 Å². The molecule has 1 atom stereocenters. The predicted octanol–water partition coefficient (Wildman–Crippen LogP) is 2.24. The molecule has 1 aliphatic rings. The monoisotopic (exact) mass is 325 g/mol. The molecule has 6 heteroatoms. The van der Waals surface area contributed by atoms with Crippen LogP contribution in [0.25, 0.3) is 0 Å². The summed E-state index contributed by atoms with van der Waals surface area (Å²) >= 11 is 0. The van der Waals surface area contributed by atoms with Crippen LogP contribution in [0.1, 0.15) is 18.2 Å². The van der Waals surface area contributed by atoms with Gasteiger partial charge in [0.25, 0.3) is 5.91 Å². The number of aromatic nitrogens is 1. The number of hydrogen-bond donors (Lipinski definition) is 1. The lowest BCUT2D eigenvalue weighted by Crippen LogP contribution is -2.42. The molecule has 124 valence electrons. The molecule has 0 bridgehead atoms. The van der Waals surface area contributed by atoms with Crippen molar-refractivity contribution in [1.82, 2.24) is 15.2 Å². The van der Waals surface area contributed by atoms with Crippen LogP contribution in [0, 0.1) is 6.92 Å². The van der Waals surface area contributed by atoms with Crippen LogP contribution in [0.15, 0.2) is 48.7 Å². The lowest BCUT2D eigenvalue weighted by Gasteiger charge is -2.20. The first-order chi connectivity index (χ1) is 11.5. The molecular weight excluding hydrogens is 306 g/mol. The highest BCUT2D eigenvalue weighted by Crippen LogP contribution is 2.27. The predicted molar refractivity (Wildman–Crippen MR) is 88.5 cm³/mol. The Hall–Kier alpha value is -2.89. The van der Waals surface area contributed by atoms with Crippen molar-refractivity contribution in [3.8, 4) is 5.75 Å². The maximum atomic E-state index is 12.7. The summed E-state index contributed by atoms with van der Waals surface area (Å²) in [5.41, 5.74) is 0.470. The number of nitrogens with one attached hydrogen (secondary N) is 1. The van der Waals surface area contributed by atoms with Crippen LogP contribution in [0.4, 0.5) is 4.79 Å². The lowest BCUT2D eigenvalue weighted by molar-refractivity contribution is -0.131. The van der Waals surface area contributed by atoms with E-state index in [9.17, 15) is 9.59 Å². The molecule has 1 aliphatic heterocycles. The zero-order chi connectivity index (χ0) is 17.2. The van der Waals surface area contributed by atoms with Crippen LogP contribution in [-0.4, -0.2) is 35.0 Å². The first kappa shape index (κ1) is 16.0. The van der Waals surface area contributed by atoms with Gasteiger partial charge in [0.05, 0.1) is 12.2 Å². The second-order valence-corrected chi connectivity index (χ2v) is 5.89. The first-order valence-corrected chi connectivity index (χ1v) is 7.76. The van der Waals surface area contributed by atoms with Crippen molar-refractivity contribution >= 4 is 11.9 Å². The number of aryl methyl sites for hydroxylation is 1. The van der Waals surface area contributed by atoms with E-state index in [0.29, 0.717) is 5.69 Å². The van der Waals surface area contributed by atoms with Gasteiger partial charge in [-0.1, -0.05) is 18.2 Å². The molecule has 2 aromatic rings. The summed E-state index contributed by atoms with van der Waals surface area (Å²) in [6, 6.07) is 12.5. The standard InChI is InChI=1S/C18H19N3O3/c1-13-6-5-7-14(12-13)24-11-10-21-16(22)18(2,20-17(21)23)15-8-3-4-9-19-15/h3-9,12H,10-11H2,1-2H3,(H,20,23)/t18-/m0/s1. The molecule has 1 N–H and O–H groups in total. The molecule has 1 aromatic heterocycles. The number of carbonyl (C=O) groups is 2. The molecular formula is C18H19N3O3. The molecule has 0 spiro atoms. The van der Waals surface area contributed by atoms with Gasteiger partial charge in [0.1, 0.15) is 12.4 Å². The van der Waals surface area contributed by atoms with E-state index < -0.39 is 11.6 Å². The van der Waals surface area contributed by atoms with E-state index in [1.54, 1.807) is 31.3 Å². The van der Waals surface area contributed by atoms with E-state index in [1.165, 1.54) is 4.90 Å². The Morgan fingerprint density at radius 1 is 1.21 bits per heavy atom. The van der Waals surface area contributed by atoms with Gasteiger partial charge in [0, 0.05) is 6.20 Å². The third-order valence-corrected chi connectivity index (χ3v) is 4.03. The van der Waals surface area contributed by atoms with E-state index >= 15 is 0 Å². The number of rotatable bonds is 5. The van der Waals surface area contributed by atoms with Crippen molar-refractivity contribution in [2.45, 2.75) is 19.4 Å². The molecule has 0 saturated carbocycles. The molecule has 6 nitrogen and oxygen atoms in total. The normalized spacial score (nSPS) is 20.2. The second kappa shape index (κ2) is 6.31. The summed E-state index contributed by atoms with van der Waals surface area (Å²) in [7, 11) is 0. The molecule has 0 radical (unpaired) electrons. The van der Waals surface area contributed by atoms with Gasteiger partial charge in [-0.05, 0) is 43.7 Å². The number of hydrogen-bond acceptors (Lipinski definition) is 4. The molecule has 24 heavy (non-hydrogen) atoms. The number of carbonyl (C=O) groups excluding carboxylic acids is 2. The van der Waals surface area contributed by atoms with Gasteiger partial charge in [0.15, 0.2) is 5.54 Å². The smallest absolute Gasteiger partial charge is 0.325 e. The highest BCUT2D eigenvalue weighted by Gasteiger charge is 2.49. The Balaban J connectivity index is 1.67. The Labute approximate surface area is 140 Å². The largest absolute Gasteiger partial charge is 0.492 e. The van der Waals surface area contributed by atoms with Crippen LogP contribution >= 0.6 is 0 Å². The molecule has 1 fully saturated rings. The minimum atomic E-state index is -1.14. The van der Waals surface area contributed by atoms with Gasteiger partial charge in [-0.25, -0.2) is 4.79 Å². The van der Waals surface area contributed by atoms with Gasteiger partial charge in [-0.15, -0.1) is 0 Å². The van der Waals surface area contributed by atoms with Crippen molar-refractivity contribution in [2.24, 2.45) is 0 Å². The van der Waals surface area contributed by atoms with Gasteiger partial charge in [0.2, 0.25) is 0 Å². The van der Waals surface area contributed by atoms with Crippen molar-refractivity contribution in [3.05, 3.63) is 59.9 Å². The zero-order valence-electron chi connectivity index (χ0n) is 13.7. The van der Waals surface area contributed by atoms with E-state index in [0.717, 1.165) is 11.3 Å². The number of urea groups is 1. The maximum absolute atomic E-state index is 12.7. The number of ether oxygens (including phenoxy) is 1. The number of benzene rings is 1. The average molecular weight is 325 g/mol. The van der Waals surface area contributed by atoms with Crippen LogP contribution in [0.2, 0.25) is 0 Å². The van der Waals surface area contributed by atoms with E-state index in [4.69, 9.17) is 4.74 Å².